The fourth-order valence-electron chi connectivity index (χ4n) is 3.43. The van der Waals surface area contributed by atoms with Crippen molar-refractivity contribution in [1.29, 1.82) is 0 Å². The summed E-state index contributed by atoms with van der Waals surface area (Å²) in [7, 11) is 1.53. The quantitative estimate of drug-likeness (QED) is 0.204. The second-order valence-corrected chi connectivity index (χ2v) is 7.96. The van der Waals surface area contributed by atoms with E-state index in [1.807, 2.05) is 4.90 Å². The fraction of sp³-hybridized carbons (Fsp3) is 0.348. The van der Waals surface area contributed by atoms with Crippen molar-refractivity contribution in [1.82, 2.24) is 20.3 Å². The number of aliphatic hydroxyl groups is 1. The maximum atomic E-state index is 13.5. The van der Waals surface area contributed by atoms with Gasteiger partial charge in [-0.3, -0.25) is 14.9 Å². The van der Waals surface area contributed by atoms with E-state index in [1.165, 1.54) is 25.6 Å². The number of aliphatic hydroxyl groups excluding tert-OH is 1. The summed E-state index contributed by atoms with van der Waals surface area (Å²) in [4.78, 5) is 21.7. The van der Waals surface area contributed by atoms with Crippen LogP contribution in [-0.4, -0.2) is 71.0 Å². The Morgan fingerprint density at radius 1 is 1.17 bits per heavy atom. The van der Waals surface area contributed by atoms with Crippen LogP contribution in [0.25, 0.3) is 10.9 Å². The van der Waals surface area contributed by atoms with Crippen molar-refractivity contribution in [3.8, 4) is 11.5 Å². The summed E-state index contributed by atoms with van der Waals surface area (Å²) in [5, 5.41) is 21.7. The van der Waals surface area contributed by atoms with Gasteiger partial charge in [-0.15, -0.1) is 0 Å². The fourth-order valence-corrected chi connectivity index (χ4v) is 3.61. The summed E-state index contributed by atoms with van der Waals surface area (Å²) in [6, 6.07) is 7.76. The topological polar surface area (TPSA) is 129 Å². The highest BCUT2D eigenvalue weighted by Gasteiger charge is 2.14. The number of rotatable bonds is 13. The Morgan fingerprint density at radius 2 is 2.00 bits per heavy atom. The molecule has 0 aliphatic rings. The monoisotopic (exact) mass is 507 g/mol. The van der Waals surface area contributed by atoms with Crippen LogP contribution < -0.4 is 20.3 Å². The molecule has 0 aliphatic carbocycles. The van der Waals surface area contributed by atoms with Crippen molar-refractivity contribution in [2.75, 3.05) is 45.3 Å². The van der Waals surface area contributed by atoms with E-state index in [2.05, 4.69) is 15.3 Å². The molecule has 3 rings (SSSR count). The Kier molecular flexibility index (Phi) is 9.79. The lowest BCUT2D eigenvalue weighted by Gasteiger charge is -2.21. The second kappa shape index (κ2) is 13.0. The molecule has 0 unspecified atom stereocenters. The van der Waals surface area contributed by atoms with Gasteiger partial charge in [-0.05, 0) is 37.2 Å². The summed E-state index contributed by atoms with van der Waals surface area (Å²) >= 11 is 5.89. The molecule has 35 heavy (non-hydrogen) atoms. The van der Waals surface area contributed by atoms with Crippen LogP contribution in [0.4, 0.5) is 15.9 Å². The molecule has 0 bridgehead atoms. The molecule has 0 spiro atoms. The van der Waals surface area contributed by atoms with Gasteiger partial charge < -0.3 is 19.9 Å². The van der Waals surface area contributed by atoms with Gasteiger partial charge in [0.05, 0.1) is 24.3 Å². The summed E-state index contributed by atoms with van der Waals surface area (Å²) in [6.07, 6.45) is 2.10. The predicted octanol–water partition coefficient (Wildman–Crippen LogP) is 3.13. The van der Waals surface area contributed by atoms with Crippen molar-refractivity contribution < 1.29 is 29.0 Å². The largest absolute Gasteiger partial charge is 0.493 e. The van der Waals surface area contributed by atoms with Crippen LogP contribution in [0.2, 0.25) is 5.02 Å². The first-order valence-electron chi connectivity index (χ1n) is 10.9. The molecule has 1 aromatic heterocycles. The lowest BCUT2D eigenvalue weighted by atomic mass is 10.2. The molecular formula is C23H27ClFN5O5. The van der Waals surface area contributed by atoms with Gasteiger partial charge in [0.15, 0.2) is 11.5 Å². The average Bonchev–Trinajstić information content (AvgIpc) is 2.86. The van der Waals surface area contributed by atoms with Crippen LogP contribution >= 0.6 is 11.6 Å². The number of anilines is 2. The molecule has 2 aromatic carbocycles. The molecule has 1 amide bonds. The molecule has 1 heterocycles. The molecule has 188 valence electrons. The minimum absolute atomic E-state index is 0.0107. The second-order valence-electron chi connectivity index (χ2n) is 7.55. The van der Waals surface area contributed by atoms with Crippen LogP contribution in [0.15, 0.2) is 36.7 Å². The Hall–Kier alpha value is -3.25. The van der Waals surface area contributed by atoms with E-state index in [-0.39, 0.29) is 24.7 Å². The number of amides is 1. The van der Waals surface area contributed by atoms with E-state index in [0.717, 1.165) is 0 Å². The van der Waals surface area contributed by atoms with Crippen molar-refractivity contribution >= 4 is 39.9 Å². The van der Waals surface area contributed by atoms with Crippen molar-refractivity contribution in [3.05, 3.63) is 47.5 Å². The number of aromatic nitrogens is 2. The van der Waals surface area contributed by atoms with Gasteiger partial charge in [-0.2, -0.15) is 0 Å². The van der Waals surface area contributed by atoms with E-state index < -0.39 is 11.7 Å². The number of carbonyl (C=O) groups is 1. The molecule has 10 nitrogen and oxygen atoms in total. The number of hydroxylamine groups is 1. The van der Waals surface area contributed by atoms with Gasteiger partial charge in [0, 0.05) is 36.7 Å². The highest BCUT2D eigenvalue weighted by molar-refractivity contribution is 6.31. The number of ether oxygens (including phenoxy) is 2. The molecule has 0 saturated carbocycles. The van der Waals surface area contributed by atoms with E-state index in [9.17, 15) is 14.3 Å². The third-order valence-electron chi connectivity index (χ3n) is 5.19. The summed E-state index contributed by atoms with van der Waals surface area (Å²) < 4.78 is 25.0. The molecule has 0 atom stereocenters. The third-order valence-corrected chi connectivity index (χ3v) is 5.48. The van der Waals surface area contributed by atoms with Gasteiger partial charge in [-0.1, -0.05) is 11.6 Å². The Labute approximate surface area is 206 Å². The maximum absolute atomic E-state index is 13.5. The number of hydrogen-bond donors (Lipinski definition) is 4. The van der Waals surface area contributed by atoms with Crippen molar-refractivity contribution in [2.24, 2.45) is 0 Å². The SMILES string of the molecule is COc1cc2ncnc(Nc3ccc(F)c(Cl)c3)c2cc1OCCN(CCO)CCCC(=O)NO. The smallest absolute Gasteiger partial charge is 0.243 e. The highest BCUT2D eigenvalue weighted by atomic mass is 35.5. The van der Waals surface area contributed by atoms with Crippen molar-refractivity contribution in [2.45, 2.75) is 12.8 Å². The number of hydrogen-bond acceptors (Lipinski definition) is 9. The molecule has 0 fully saturated rings. The number of nitrogens with zero attached hydrogens (tertiary/aromatic N) is 3. The number of benzene rings is 2. The molecule has 4 N–H and O–H groups in total. The minimum atomic E-state index is -0.517. The van der Waals surface area contributed by atoms with Gasteiger partial charge in [0.1, 0.15) is 24.6 Å². The molecule has 0 aliphatic heterocycles. The van der Waals surface area contributed by atoms with Crippen LogP contribution in [0.3, 0.4) is 0 Å². The molecule has 0 radical (unpaired) electrons. The molecule has 3 aromatic rings. The minimum Gasteiger partial charge on any atom is -0.493 e. The van der Waals surface area contributed by atoms with E-state index in [0.29, 0.717) is 60.0 Å². The van der Waals surface area contributed by atoms with E-state index >= 15 is 0 Å². The number of fused-ring (bicyclic) bond motifs is 1. The maximum Gasteiger partial charge on any atom is 0.243 e. The van der Waals surface area contributed by atoms with Crippen molar-refractivity contribution in [3.63, 3.8) is 0 Å². The molecule has 12 heteroatoms. The number of methoxy groups -OCH3 is 1. The van der Waals surface area contributed by atoms with Gasteiger partial charge in [-0.25, -0.2) is 19.8 Å². The molecule has 0 saturated heterocycles. The Bertz CT molecular complexity index is 1150. The lowest BCUT2D eigenvalue weighted by Crippen LogP contribution is -2.33. The highest BCUT2D eigenvalue weighted by Crippen LogP contribution is 2.35. The zero-order valence-electron chi connectivity index (χ0n) is 19.1. The zero-order valence-corrected chi connectivity index (χ0v) is 19.9. The van der Waals surface area contributed by atoms with Crippen LogP contribution in [-0.2, 0) is 4.79 Å². The number of nitrogens with one attached hydrogen (secondary N) is 2. The first-order valence-corrected chi connectivity index (χ1v) is 11.3. The van der Waals surface area contributed by atoms with Gasteiger partial charge in [0.2, 0.25) is 5.91 Å². The standard InChI is InChI=1S/C23H27ClFN5O5/c1-34-20-13-19-16(23(27-14-26-19)28-15-4-5-18(25)17(24)11-15)12-21(20)35-10-8-30(7-9-31)6-2-3-22(32)29-33/h4-5,11-14,31,33H,2-3,6-10H2,1H3,(H,29,32)(H,26,27,28). The third kappa shape index (κ3) is 7.36. The van der Waals surface area contributed by atoms with Gasteiger partial charge >= 0.3 is 0 Å². The summed E-state index contributed by atoms with van der Waals surface area (Å²) in [6.45, 7) is 1.71. The summed E-state index contributed by atoms with van der Waals surface area (Å²) in [5.74, 6) is 0.464. The van der Waals surface area contributed by atoms with E-state index in [1.54, 1.807) is 23.7 Å². The predicted molar refractivity (Wildman–Crippen MR) is 129 cm³/mol. The summed E-state index contributed by atoms with van der Waals surface area (Å²) in [5.41, 5.74) is 2.78. The lowest BCUT2D eigenvalue weighted by molar-refractivity contribution is -0.129. The average molecular weight is 508 g/mol. The molecular weight excluding hydrogens is 481 g/mol. The number of carbonyl (C=O) groups excluding carboxylic acids is 1. The van der Waals surface area contributed by atoms with Crippen LogP contribution in [0, 0.1) is 5.82 Å². The first-order chi connectivity index (χ1) is 16.9. The zero-order chi connectivity index (χ0) is 25.2. The number of halogens is 2. The van der Waals surface area contributed by atoms with Crippen LogP contribution in [0.5, 0.6) is 11.5 Å². The van der Waals surface area contributed by atoms with E-state index in [4.69, 9.17) is 26.3 Å². The Morgan fingerprint density at radius 3 is 2.71 bits per heavy atom. The van der Waals surface area contributed by atoms with Gasteiger partial charge in [0.25, 0.3) is 0 Å². The first kappa shape index (κ1) is 26.4. The Balaban J connectivity index is 1.74. The normalized spacial score (nSPS) is 11.0. The van der Waals surface area contributed by atoms with Crippen LogP contribution in [0.1, 0.15) is 12.8 Å².